The standard InChI is InChI=1S/C40H68N2O2/c1-27-8-20-34(21-9-27)42(35-22-10-28(2)11-23-35)36-24-16-31(17-25-36)13-12-30-14-18-33(19-15-30)41-40(44)38-26-32-6-4-5-7-37(32)29(3)39(38)43/h12-13,27-39,43H,4-11,14-26H2,1-3H3,(H,41,44)/b13-12+. The summed E-state index contributed by atoms with van der Waals surface area (Å²) in [5, 5.41) is 14.4. The summed E-state index contributed by atoms with van der Waals surface area (Å²) in [5.41, 5.74) is 0. The maximum Gasteiger partial charge on any atom is 0.225 e. The van der Waals surface area contributed by atoms with Crippen LogP contribution in [-0.2, 0) is 4.79 Å². The zero-order valence-electron chi connectivity index (χ0n) is 28.8. The van der Waals surface area contributed by atoms with Gasteiger partial charge in [-0.2, -0.15) is 0 Å². The second-order valence-electron chi connectivity index (χ2n) is 17.2. The highest BCUT2D eigenvalue weighted by atomic mass is 16.3. The molecule has 6 rings (SSSR count). The molecule has 6 aliphatic rings. The minimum absolute atomic E-state index is 0.142. The lowest BCUT2D eigenvalue weighted by atomic mass is 9.61. The smallest absolute Gasteiger partial charge is 0.225 e. The van der Waals surface area contributed by atoms with Gasteiger partial charge in [0.2, 0.25) is 5.91 Å². The van der Waals surface area contributed by atoms with E-state index in [1.807, 2.05) is 0 Å². The van der Waals surface area contributed by atoms with Gasteiger partial charge in [0.25, 0.3) is 0 Å². The quantitative estimate of drug-likeness (QED) is 0.284. The van der Waals surface area contributed by atoms with Crippen LogP contribution in [0.4, 0.5) is 0 Å². The van der Waals surface area contributed by atoms with Crippen LogP contribution in [0.15, 0.2) is 12.2 Å². The average molecular weight is 609 g/mol. The van der Waals surface area contributed by atoms with E-state index < -0.39 is 6.10 Å². The SMILES string of the molecule is CC1CCC(N(C2CCC(C)CC2)C2CCC(/C=C/C3CCC(NC(=O)C4CC5CCCCC5C(C)C4O)CC3)CC2)CC1. The molecule has 6 fully saturated rings. The predicted octanol–water partition coefficient (Wildman–Crippen LogP) is 9.06. The van der Waals surface area contributed by atoms with Crippen LogP contribution in [-0.4, -0.2) is 46.2 Å². The summed E-state index contributed by atoms with van der Waals surface area (Å²) in [6.45, 7) is 7.13. The third-order valence-electron chi connectivity index (χ3n) is 14.2. The number of nitrogens with zero attached hydrogens (tertiary/aromatic N) is 1. The lowest BCUT2D eigenvalue weighted by Crippen LogP contribution is -2.52. The second kappa shape index (κ2) is 15.4. The van der Waals surface area contributed by atoms with Gasteiger partial charge in [0, 0.05) is 24.2 Å². The summed E-state index contributed by atoms with van der Waals surface area (Å²) in [7, 11) is 0. The number of fused-ring (bicyclic) bond motifs is 1. The molecule has 0 aromatic rings. The molecule has 5 unspecified atom stereocenters. The molecule has 44 heavy (non-hydrogen) atoms. The van der Waals surface area contributed by atoms with E-state index in [1.54, 1.807) is 0 Å². The fourth-order valence-corrected chi connectivity index (χ4v) is 11.2. The summed E-state index contributed by atoms with van der Waals surface area (Å²) in [6, 6.07) is 2.83. The monoisotopic (exact) mass is 609 g/mol. The molecule has 0 bridgehead atoms. The molecule has 6 aliphatic carbocycles. The van der Waals surface area contributed by atoms with Gasteiger partial charge in [-0.3, -0.25) is 9.69 Å². The van der Waals surface area contributed by atoms with Crippen LogP contribution >= 0.6 is 0 Å². The Balaban J connectivity index is 0.940. The van der Waals surface area contributed by atoms with Gasteiger partial charge < -0.3 is 10.4 Å². The molecule has 0 aromatic heterocycles. The number of amides is 1. The molecule has 4 nitrogen and oxygen atoms in total. The number of aliphatic hydroxyl groups excluding tert-OH is 1. The summed E-state index contributed by atoms with van der Waals surface area (Å²) in [5.74, 6) is 4.78. The molecule has 0 spiro atoms. The van der Waals surface area contributed by atoms with Gasteiger partial charge in [0.1, 0.15) is 0 Å². The number of carbonyl (C=O) groups excluding carboxylic acids is 1. The van der Waals surface area contributed by atoms with Crippen molar-refractivity contribution in [2.24, 2.45) is 47.3 Å². The number of nitrogens with one attached hydrogen (secondary N) is 1. The van der Waals surface area contributed by atoms with Crippen molar-refractivity contribution in [2.75, 3.05) is 0 Å². The van der Waals surface area contributed by atoms with E-state index in [1.165, 1.54) is 116 Å². The first kappa shape index (κ1) is 33.0. The predicted molar refractivity (Wildman–Crippen MR) is 182 cm³/mol. The van der Waals surface area contributed by atoms with Crippen LogP contribution in [0.25, 0.3) is 0 Å². The molecule has 6 saturated carbocycles. The van der Waals surface area contributed by atoms with Gasteiger partial charge in [-0.1, -0.05) is 52.2 Å². The van der Waals surface area contributed by atoms with Gasteiger partial charge >= 0.3 is 0 Å². The summed E-state index contributed by atoms with van der Waals surface area (Å²) in [6.07, 6.45) is 32.4. The lowest BCUT2D eigenvalue weighted by molar-refractivity contribution is -0.138. The molecule has 5 atom stereocenters. The zero-order valence-corrected chi connectivity index (χ0v) is 28.8. The van der Waals surface area contributed by atoms with E-state index in [0.717, 1.165) is 55.1 Å². The van der Waals surface area contributed by atoms with Crippen LogP contribution in [0.5, 0.6) is 0 Å². The Morgan fingerprint density at radius 1 is 0.636 bits per heavy atom. The molecule has 4 heteroatoms. The van der Waals surface area contributed by atoms with Crippen LogP contribution < -0.4 is 5.32 Å². The maximum absolute atomic E-state index is 13.3. The normalized spacial score (nSPS) is 45.6. The molecule has 0 saturated heterocycles. The lowest BCUT2D eigenvalue weighted by Gasteiger charge is -2.49. The molecular weight excluding hydrogens is 540 g/mol. The Morgan fingerprint density at radius 2 is 1.11 bits per heavy atom. The Labute approximate surface area is 271 Å². The van der Waals surface area contributed by atoms with Crippen LogP contribution in [0.3, 0.4) is 0 Å². The van der Waals surface area contributed by atoms with E-state index in [4.69, 9.17) is 0 Å². The van der Waals surface area contributed by atoms with E-state index >= 15 is 0 Å². The van der Waals surface area contributed by atoms with Gasteiger partial charge in [-0.25, -0.2) is 0 Å². The minimum Gasteiger partial charge on any atom is -0.392 e. The number of carbonyl (C=O) groups is 1. The number of hydrogen-bond acceptors (Lipinski definition) is 3. The number of aliphatic hydroxyl groups is 1. The fourth-order valence-electron chi connectivity index (χ4n) is 11.2. The van der Waals surface area contributed by atoms with E-state index in [2.05, 4.69) is 43.1 Å². The molecule has 0 radical (unpaired) electrons. The first-order chi connectivity index (χ1) is 21.4. The number of rotatable bonds is 7. The Kier molecular flexibility index (Phi) is 11.5. The Morgan fingerprint density at radius 3 is 1.66 bits per heavy atom. The number of allylic oxidation sites excluding steroid dienone is 2. The second-order valence-corrected chi connectivity index (χ2v) is 17.2. The van der Waals surface area contributed by atoms with Gasteiger partial charge in [0.05, 0.1) is 12.0 Å². The van der Waals surface area contributed by atoms with E-state index in [-0.39, 0.29) is 17.7 Å². The van der Waals surface area contributed by atoms with Gasteiger partial charge in [-0.05, 0) is 157 Å². The third-order valence-corrected chi connectivity index (χ3v) is 14.2. The Hall–Kier alpha value is -0.870. The van der Waals surface area contributed by atoms with E-state index in [0.29, 0.717) is 23.8 Å². The highest BCUT2D eigenvalue weighted by molar-refractivity contribution is 5.79. The molecule has 2 N–H and O–H groups in total. The molecule has 1 amide bonds. The summed E-state index contributed by atoms with van der Waals surface area (Å²) in [4.78, 5) is 16.4. The van der Waals surface area contributed by atoms with Crippen molar-refractivity contribution >= 4 is 5.91 Å². The third kappa shape index (κ3) is 7.98. The van der Waals surface area contributed by atoms with Gasteiger partial charge in [-0.15, -0.1) is 0 Å². The van der Waals surface area contributed by atoms with Crippen molar-refractivity contribution in [3.63, 3.8) is 0 Å². The van der Waals surface area contributed by atoms with Crippen molar-refractivity contribution in [3.05, 3.63) is 12.2 Å². The van der Waals surface area contributed by atoms with Crippen molar-refractivity contribution < 1.29 is 9.90 Å². The van der Waals surface area contributed by atoms with E-state index in [9.17, 15) is 9.90 Å². The first-order valence-corrected chi connectivity index (χ1v) is 19.8. The molecule has 250 valence electrons. The summed E-state index contributed by atoms with van der Waals surface area (Å²) >= 11 is 0. The average Bonchev–Trinajstić information content (AvgIpc) is 3.05. The Bertz CT molecular complexity index is 894. The molecular formula is C40H68N2O2. The fraction of sp³-hybridized carbons (Fsp3) is 0.925. The first-order valence-electron chi connectivity index (χ1n) is 19.8. The highest BCUT2D eigenvalue weighted by Gasteiger charge is 2.45. The zero-order chi connectivity index (χ0) is 30.6. The minimum atomic E-state index is -0.464. The topological polar surface area (TPSA) is 52.6 Å². The maximum atomic E-state index is 13.3. The highest BCUT2D eigenvalue weighted by Crippen LogP contribution is 2.46. The summed E-state index contributed by atoms with van der Waals surface area (Å²) < 4.78 is 0. The van der Waals surface area contributed by atoms with Crippen molar-refractivity contribution in [2.45, 2.75) is 186 Å². The van der Waals surface area contributed by atoms with Crippen molar-refractivity contribution in [1.82, 2.24) is 10.2 Å². The van der Waals surface area contributed by atoms with Crippen molar-refractivity contribution in [1.29, 1.82) is 0 Å². The van der Waals surface area contributed by atoms with Crippen LogP contribution in [0.2, 0.25) is 0 Å². The van der Waals surface area contributed by atoms with Crippen molar-refractivity contribution in [3.8, 4) is 0 Å². The van der Waals surface area contributed by atoms with Crippen LogP contribution in [0, 0.1) is 47.3 Å². The largest absolute Gasteiger partial charge is 0.392 e. The molecule has 0 aliphatic heterocycles. The van der Waals surface area contributed by atoms with Gasteiger partial charge in [0.15, 0.2) is 0 Å². The number of hydrogen-bond donors (Lipinski definition) is 2. The molecule has 0 aromatic carbocycles. The van der Waals surface area contributed by atoms with Crippen LogP contribution in [0.1, 0.15) is 156 Å². The molecule has 0 heterocycles.